The van der Waals surface area contributed by atoms with E-state index in [1.165, 1.54) is 0 Å². The zero-order valence-electron chi connectivity index (χ0n) is 4.34. The van der Waals surface area contributed by atoms with Gasteiger partial charge in [0.2, 0.25) is 0 Å². The molecule has 0 amide bonds. The summed E-state index contributed by atoms with van der Waals surface area (Å²) < 4.78 is 0. The quantitative estimate of drug-likeness (QED) is 0.438. The van der Waals surface area contributed by atoms with Crippen LogP contribution in [0.1, 0.15) is 2.85 Å². The van der Waals surface area contributed by atoms with E-state index in [0.29, 0.717) is 0 Å². The van der Waals surface area contributed by atoms with Crippen molar-refractivity contribution < 1.29 is 40.3 Å². The van der Waals surface area contributed by atoms with Crippen molar-refractivity contribution in [3.05, 3.63) is 0 Å². The molecule has 0 fully saturated rings. The van der Waals surface area contributed by atoms with Gasteiger partial charge in [0.25, 0.3) is 0 Å². The third-order valence-corrected chi connectivity index (χ3v) is 0. The third kappa shape index (κ3) is 33.3. The predicted molar refractivity (Wildman–Crippen MR) is 10.0 cm³/mol. The van der Waals surface area contributed by atoms with Gasteiger partial charge in [-0.2, -0.15) is 0 Å². The van der Waals surface area contributed by atoms with Gasteiger partial charge in [-0.1, -0.05) is 0 Å². The second-order valence-electron chi connectivity index (χ2n) is 0. The fourth-order valence-electron chi connectivity index (χ4n) is 0. The molecule has 0 spiro atoms. The molecule has 0 aromatic rings. The van der Waals surface area contributed by atoms with E-state index < -0.39 is 0 Å². The summed E-state index contributed by atoms with van der Waals surface area (Å²) in [6, 6.07) is 0. The Balaban J connectivity index is 0. The molecule has 0 saturated heterocycles. The van der Waals surface area contributed by atoms with Crippen LogP contribution in [0.25, 0.3) is 0 Å². The van der Waals surface area contributed by atoms with Crippen molar-refractivity contribution in [2.45, 2.75) is 0 Å². The largest absolute Gasteiger partial charge is 2.00 e. The molecule has 0 saturated carbocycles. The summed E-state index contributed by atoms with van der Waals surface area (Å²) in [7, 11) is 0. The van der Waals surface area contributed by atoms with Crippen LogP contribution in [-0.4, -0.2) is 23.1 Å². The molecule has 0 aromatic carbocycles. The molecule has 0 aliphatic rings. The van der Waals surface area contributed by atoms with Crippen LogP contribution < -0.4 is 0 Å². The summed E-state index contributed by atoms with van der Waals surface area (Å²) in [4.78, 5) is 0. The first-order valence-electron chi connectivity index (χ1n) is 0. The van der Waals surface area contributed by atoms with Gasteiger partial charge in [-0.05, 0) is 0 Å². The van der Waals surface area contributed by atoms with Gasteiger partial charge >= 0.3 is 23.1 Å². The Bertz CT molecular complexity index is 12.9. The molecule has 3 nitrogen and oxygen atoms in total. The normalized spacial score (nSPS) is 0. The Hall–Kier alpha value is 1.33. The van der Waals surface area contributed by atoms with E-state index in [4.69, 9.17) is 0 Å². The SMILES string of the molecule is [H-].[H-].[Mg+2].[Mo].[O-2].[O-2].[O-2]. The molecule has 0 unspecified atom stereocenters. The van der Waals surface area contributed by atoms with Gasteiger partial charge < -0.3 is 19.3 Å². The smallest absolute Gasteiger partial charge is 2.00 e. The first kappa shape index (κ1) is 101. The van der Waals surface area contributed by atoms with Crippen LogP contribution in [0.15, 0.2) is 0 Å². The van der Waals surface area contributed by atoms with Crippen LogP contribution in [0, 0.1) is 0 Å². The standard InChI is InChI=1S/Mg.Mo.3O.2H/q+2;;3*-2;2*-1. The van der Waals surface area contributed by atoms with E-state index in [0.717, 1.165) is 0 Å². The molecule has 5 heavy (non-hydrogen) atoms. The minimum absolute atomic E-state index is 0. The summed E-state index contributed by atoms with van der Waals surface area (Å²) in [5.74, 6) is 0. The van der Waals surface area contributed by atoms with Crippen molar-refractivity contribution in [1.82, 2.24) is 0 Å². The number of hydrogen-bond donors (Lipinski definition) is 0. The Labute approximate surface area is 63.4 Å². The van der Waals surface area contributed by atoms with Crippen molar-refractivity contribution in [1.29, 1.82) is 0 Å². The van der Waals surface area contributed by atoms with Crippen molar-refractivity contribution in [2.24, 2.45) is 0 Å². The van der Waals surface area contributed by atoms with Gasteiger partial charge in [-0.15, -0.1) is 0 Å². The Kier molecular flexibility index (Phi) is 1140. The first-order chi connectivity index (χ1) is 0. The molecule has 0 bridgehead atoms. The minimum atomic E-state index is 0. The summed E-state index contributed by atoms with van der Waals surface area (Å²) in [6.07, 6.45) is 0. The fourth-order valence-corrected chi connectivity index (χ4v) is 0. The van der Waals surface area contributed by atoms with E-state index >= 15 is 0 Å². The monoisotopic (exact) mass is 172 g/mol. The molecule has 0 N–H and O–H groups in total. The summed E-state index contributed by atoms with van der Waals surface area (Å²) in [5, 5.41) is 0. The molecule has 0 rings (SSSR count). The van der Waals surface area contributed by atoms with E-state index in [-0.39, 0.29) is 63.4 Å². The van der Waals surface area contributed by atoms with Crippen molar-refractivity contribution in [3.8, 4) is 0 Å². The number of hydrogen-bond acceptors (Lipinski definition) is 0. The maximum absolute atomic E-state index is 0. The maximum Gasteiger partial charge on any atom is 2.00 e. The summed E-state index contributed by atoms with van der Waals surface area (Å²) in [6.45, 7) is 0. The Morgan fingerprint density at radius 1 is 0.800 bits per heavy atom. The average Bonchev–Trinajstić information content (AvgIpc) is 0. The summed E-state index contributed by atoms with van der Waals surface area (Å²) in [5.41, 5.74) is 0. The van der Waals surface area contributed by atoms with Gasteiger partial charge in [0.1, 0.15) is 0 Å². The van der Waals surface area contributed by atoms with E-state index in [1.54, 1.807) is 0 Å². The molecular weight excluding hydrogens is 168 g/mol. The zero-order chi connectivity index (χ0) is 0. The fraction of sp³-hybridized carbons (Fsp3) is 0. The predicted octanol–water partition coefficient (Wildman–Crippen LogP) is -0.515. The first-order valence-corrected chi connectivity index (χ1v) is 0. The van der Waals surface area contributed by atoms with Crippen LogP contribution in [0.3, 0.4) is 0 Å². The molecule has 0 aliphatic heterocycles. The van der Waals surface area contributed by atoms with E-state index in [1.807, 2.05) is 0 Å². The van der Waals surface area contributed by atoms with Crippen molar-refractivity contribution in [3.63, 3.8) is 0 Å². The van der Waals surface area contributed by atoms with Gasteiger partial charge in [0.15, 0.2) is 0 Å². The molecule has 0 atom stereocenters. The topological polar surface area (TPSA) is 85.5 Å². The molecule has 34 valence electrons. The maximum atomic E-state index is 0. The van der Waals surface area contributed by atoms with Gasteiger partial charge in [-0.25, -0.2) is 0 Å². The van der Waals surface area contributed by atoms with E-state index in [9.17, 15) is 0 Å². The van der Waals surface area contributed by atoms with Gasteiger partial charge in [0.05, 0.1) is 0 Å². The van der Waals surface area contributed by atoms with Crippen molar-refractivity contribution in [2.75, 3.05) is 0 Å². The van der Waals surface area contributed by atoms with Gasteiger partial charge in [-0.3, -0.25) is 0 Å². The molecular formula is H2MgMoO3-6. The Morgan fingerprint density at radius 3 is 0.800 bits per heavy atom. The Morgan fingerprint density at radius 2 is 0.800 bits per heavy atom. The van der Waals surface area contributed by atoms with Crippen molar-refractivity contribution >= 4 is 23.1 Å². The average molecular weight is 170 g/mol. The second-order valence-corrected chi connectivity index (χ2v) is 0. The molecule has 0 aromatic heterocycles. The third-order valence-electron chi connectivity index (χ3n) is 0. The zero-order valence-corrected chi connectivity index (χ0v) is 5.76. The van der Waals surface area contributed by atoms with E-state index in [2.05, 4.69) is 0 Å². The van der Waals surface area contributed by atoms with Crippen LogP contribution in [0.4, 0.5) is 0 Å². The van der Waals surface area contributed by atoms with Crippen LogP contribution >= 0.6 is 0 Å². The van der Waals surface area contributed by atoms with Crippen LogP contribution in [0.2, 0.25) is 0 Å². The van der Waals surface area contributed by atoms with Crippen LogP contribution in [0.5, 0.6) is 0 Å². The second kappa shape index (κ2) is 56.3. The minimum Gasteiger partial charge on any atom is -2.00 e. The summed E-state index contributed by atoms with van der Waals surface area (Å²) >= 11 is 0. The molecule has 5 heteroatoms. The molecule has 0 heterocycles. The van der Waals surface area contributed by atoms with Crippen LogP contribution in [-0.2, 0) is 37.5 Å². The molecule has 0 aliphatic carbocycles. The molecule has 0 radical (unpaired) electrons. The number of rotatable bonds is 0. The van der Waals surface area contributed by atoms with Gasteiger partial charge in [0, 0.05) is 21.1 Å².